The van der Waals surface area contributed by atoms with E-state index in [9.17, 15) is 13.2 Å². The normalized spacial score (nSPS) is 16.5. The molecule has 0 aliphatic carbocycles. The fraction of sp³-hybridized carbons (Fsp3) is 0.235. The Labute approximate surface area is 135 Å². The van der Waals surface area contributed by atoms with Crippen LogP contribution in [0.3, 0.4) is 0 Å². The van der Waals surface area contributed by atoms with Crippen LogP contribution in [-0.4, -0.2) is 20.2 Å². The molecule has 0 saturated carbocycles. The summed E-state index contributed by atoms with van der Waals surface area (Å²) in [5.41, 5.74) is 2.83. The highest BCUT2D eigenvalue weighted by Crippen LogP contribution is 2.28. The summed E-state index contributed by atoms with van der Waals surface area (Å²) in [5.74, 6) is -0.108. The molecule has 0 spiro atoms. The molecule has 5 nitrogen and oxygen atoms in total. The molecule has 1 aliphatic heterocycles. The lowest BCUT2D eigenvalue weighted by molar-refractivity contribution is 0.101. The van der Waals surface area contributed by atoms with E-state index in [2.05, 4.69) is 17.0 Å². The Kier molecular flexibility index (Phi) is 3.85. The molecule has 0 amide bonds. The third-order valence-electron chi connectivity index (χ3n) is 3.84. The summed E-state index contributed by atoms with van der Waals surface area (Å²) >= 11 is 0. The number of anilines is 2. The first-order valence-corrected chi connectivity index (χ1v) is 8.87. The largest absolute Gasteiger partial charge is 0.382 e. The lowest BCUT2D eigenvalue weighted by Gasteiger charge is -2.10. The van der Waals surface area contributed by atoms with Gasteiger partial charge in [0.2, 0.25) is 0 Å². The van der Waals surface area contributed by atoms with Gasteiger partial charge in [0.05, 0.1) is 4.90 Å². The van der Waals surface area contributed by atoms with Crippen LogP contribution in [0, 0.1) is 0 Å². The van der Waals surface area contributed by atoms with Crippen molar-refractivity contribution in [3.63, 3.8) is 0 Å². The molecule has 3 rings (SSSR count). The van der Waals surface area contributed by atoms with Gasteiger partial charge in [0.25, 0.3) is 10.0 Å². The highest BCUT2D eigenvalue weighted by atomic mass is 32.2. The maximum Gasteiger partial charge on any atom is 0.261 e. The Balaban J connectivity index is 1.89. The predicted octanol–water partition coefficient (Wildman–Crippen LogP) is 3.05. The molecule has 2 aromatic carbocycles. The average Bonchev–Trinajstić information content (AvgIpc) is 2.86. The van der Waals surface area contributed by atoms with Crippen LogP contribution in [0.4, 0.5) is 11.4 Å². The summed E-state index contributed by atoms with van der Waals surface area (Å²) in [6, 6.07) is 11.9. The van der Waals surface area contributed by atoms with Crippen LogP contribution >= 0.6 is 0 Å². The summed E-state index contributed by atoms with van der Waals surface area (Å²) in [6.07, 6.45) is 0.804. The number of nitrogens with one attached hydrogen (secondary N) is 2. The maximum atomic E-state index is 12.5. The lowest BCUT2D eigenvalue weighted by Crippen LogP contribution is -2.13. The minimum Gasteiger partial charge on any atom is -0.382 e. The van der Waals surface area contributed by atoms with E-state index in [1.807, 2.05) is 0 Å². The maximum absolute atomic E-state index is 12.5. The van der Waals surface area contributed by atoms with E-state index in [1.54, 1.807) is 36.4 Å². The van der Waals surface area contributed by atoms with E-state index in [4.69, 9.17) is 0 Å². The van der Waals surface area contributed by atoms with Gasteiger partial charge in [0, 0.05) is 23.0 Å². The van der Waals surface area contributed by atoms with Crippen LogP contribution in [-0.2, 0) is 16.4 Å². The van der Waals surface area contributed by atoms with Crippen LogP contribution in [0.1, 0.15) is 29.8 Å². The standard InChI is InChI=1S/C17H18N2O3S/c1-11-8-14-10-16(6-7-17(14)18-11)23(21,22)19-15-5-3-4-13(9-15)12(2)20/h3-7,9-11,18-19H,8H2,1-2H3/t11-/m1/s1. The molecule has 1 aliphatic rings. The number of hydrogen-bond acceptors (Lipinski definition) is 4. The smallest absolute Gasteiger partial charge is 0.261 e. The van der Waals surface area contributed by atoms with Crippen molar-refractivity contribution in [2.24, 2.45) is 0 Å². The number of Topliss-reactive ketones (excluding diaryl/α,β-unsaturated/α-hetero) is 1. The van der Waals surface area contributed by atoms with Crippen molar-refractivity contribution in [1.82, 2.24) is 0 Å². The third kappa shape index (κ3) is 3.22. The Morgan fingerprint density at radius 1 is 1.22 bits per heavy atom. The fourth-order valence-corrected chi connectivity index (χ4v) is 3.81. The molecular formula is C17H18N2O3S. The van der Waals surface area contributed by atoms with Crippen LogP contribution in [0.15, 0.2) is 47.4 Å². The van der Waals surface area contributed by atoms with Crippen LogP contribution in [0.5, 0.6) is 0 Å². The van der Waals surface area contributed by atoms with Crippen molar-refractivity contribution in [3.8, 4) is 0 Å². The third-order valence-corrected chi connectivity index (χ3v) is 5.22. The van der Waals surface area contributed by atoms with Gasteiger partial charge in [-0.2, -0.15) is 0 Å². The van der Waals surface area contributed by atoms with Crippen molar-refractivity contribution in [2.45, 2.75) is 31.2 Å². The van der Waals surface area contributed by atoms with Crippen LogP contribution in [0.2, 0.25) is 0 Å². The molecule has 120 valence electrons. The van der Waals surface area contributed by atoms with E-state index < -0.39 is 10.0 Å². The Hall–Kier alpha value is -2.34. The zero-order chi connectivity index (χ0) is 16.6. The molecule has 2 aromatic rings. The lowest BCUT2D eigenvalue weighted by atomic mass is 10.1. The topological polar surface area (TPSA) is 75.3 Å². The molecule has 0 saturated heterocycles. The molecule has 0 radical (unpaired) electrons. The molecule has 1 atom stereocenters. The second-order valence-electron chi connectivity index (χ2n) is 5.81. The van der Waals surface area contributed by atoms with Crippen molar-refractivity contribution >= 4 is 27.2 Å². The molecule has 0 fully saturated rings. The predicted molar refractivity (Wildman–Crippen MR) is 90.5 cm³/mol. The molecular weight excluding hydrogens is 312 g/mol. The number of sulfonamides is 1. The molecule has 2 N–H and O–H groups in total. The minimum absolute atomic E-state index is 0.108. The van der Waals surface area contributed by atoms with Gasteiger partial charge < -0.3 is 5.32 Å². The summed E-state index contributed by atoms with van der Waals surface area (Å²) in [7, 11) is -3.68. The number of carbonyl (C=O) groups is 1. The Morgan fingerprint density at radius 3 is 2.74 bits per heavy atom. The highest BCUT2D eigenvalue weighted by molar-refractivity contribution is 7.92. The summed E-state index contributed by atoms with van der Waals surface area (Å²) < 4.78 is 27.6. The van der Waals surface area contributed by atoms with Gasteiger partial charge in [0.15, 0.2) is 5.78 Å². The summed E-state index contributed by atoms with van der Waals surface area (Å²) in [4.78, 5) is 11.6. The Bertz CT molecular complexity index is 875. The van der Waals surface area contributed by atoms with Crippen molar-refractivity contribution in [2.75, 3.05) is 10.0 Å². The van der Waals surface area contributed by atoms with Gasteiger partial charge in [-0.3, -0.25) is 9.52 Å². The van der Waals surface area contributed by atoms with E-state index in [0.29, 0.717) is 17.3 Å². The van der Waals surface area contributed by atoms with Gasteiger partial charge in [-0.05, 0) is 56.2 Å². The molecule has 23 heavy (non-hydrogen) atoms. The number of hydrogen-bond donors (Lipinski definition) is 2. The first-order valence-electron chi connectivity index (χ1n) is 7.38. The minimum atomic E-state index is -3.68. The number of ketones is 1. The second kappa shape index (κ2) is 5.70. The van der Waals surface area contributed by atoms with Gasteiger partial charge in [-0.1, -0.05) is 12.1 Å². The Morgan fingerprint density at radius 2 is 2.00 bits per heavy atom. The van der Waals surface area contributed by atoms with Crippen molar-refractivity contribution in [1.29, 1.82) is 0 Å². The fourth-order valence-electron chi connectivity index (χ4n) is 2.71. The van der Waals surface area contributed by atoms with Gasteiger partial charge >= 0.3 is 0 Å². The zero-order valence-corrected chi connectivity index (χ0v) is 13.8. The van der Waals surface area contributed by atoms with Gasteiger partial charge in [-0.15, -0.1) is 0 Å². The quantitative estimate of drug-likeness (QED) is 0.845. The van der Waals surface area contributed by atoms with E-state index in [1.165, 1.54) is 13.0 Å². The average molecular weight is 330 g/mol. The van der Waals surface area contributed by atoms with Gasteiger partial charge in [0.1, 0.15) is 0 Å². The zero-order valence-electron chi connectivity index (χ0n) is 13.0. The summed E-state index contributed by atoms with van der Waals surface area (Å²) in [5, 5.41) is 3.29. The molecule has 0 bridgehead atoms. The SMILES string of the molecule is CC(=O)c1cccc(NS(=O)(=O)c2ccc3c(c2)C[C@@H](C)N3)c1. The number of rotatable bonds is 4. The molecule has 0 aromatic heterocycles. The van der Waals surface area contributed by atoms with Crippen LogP contribution < -0.4 is 10.0 Å². The van der Waals surface area contributed by atoms with E-state index >= 15 is 0 Å². The molecule has 6 heteroatoms. The molecule has 1 heterocycles. The first-order chi connectivity index (χ1) is 10.8. The number of benzene rings is 2. The first kappa shape index (κ1) is 15.6. The number of carbonyl (C=O) groups excluding carboxylic acids is 1. The van der Waals surface area contributed by atoms with E-state index in [-0.39, 0.29) is 10.7 Å². The van der Waals surface area contributed by atoms with E-state index in [0.717, 1.165) is 17.7 Å². The van der Waals surface area contributed by atoms with Crippen molar-refractivity contribution < 1.29 is 13.2 Å². The second-order valence-corrected chi connectivity index (χ2v) is 7.49. The van der Waals surface area contributed by atoms with Crippen LogP contribution in [0.25, 0.3) is 0 Å². The van der Waals surface area contributed by atoms with Crippen molar-refractivity contribution in [3.05, 3.63) is 53.6 Å². The summed E-state index contributed by atoms with van der Waals surface area (Å²) in [6.45, 7) is 3.50. The molecule has 0 unspecified atom stereocenters. The number of fused-ring (bicyclic) bond motifs is 1. The highest BCUT2D eigenvalue weighted by Gasteiger charge is 2.21. The van der Waals surface area contributed by atoms with Gasteiger partial charge in [-0.25, -0.2) is 8.42 Å². The monoisotopic (exact) mass is 330 g/mol.